The number of fused-ring (bicyclic) bond motifs is 5. The highest BCUT2D eigenvalue weighted by molar-refractivity contribution is 7.15. The molecule has 2 aromatic heterocycles. The van der Waals surface area contributed by atoms with Gasteiger partial charge in [-0.15, -0.1) is 11.3 Å². The summed E-state index contributed by atoms with van der Waals surface area (Å²) in [7, 11) is 0. The predicted molar refractivity (Wildman–Crippen MR) is 150 cm³/mol. The molecule has 6 nitrogen and oxygen atoms in total. The minimum absolute atomic E-state index is 0.171. The molecule has 4 aromatic rings. The van der Waals surface area contributed by atoms with Crippen LogP contribution in [0.5, 0.6) is 0 Å². The zero-order valence-electron chi connectivity index (χ0n) is 21.7. The number of nitrogens with one attached hydrogen (secondary N) is 1. The van der Waals surface area contributed by atoms with E-state index in [0.29, 0.717) is 24.4 Å². The lowest BCUT2D eigenvalue weighted by Gasteiger charge is -2.31. The molecule has 38 heavy (non-hydrogen) atoms. The molecule has 1 aliphatic carbocycles. The lowest BCUT2D eigenvalue weighted by molar-refractivity contribution is 0.0526. The maximum absolute atomic E-state index is 14.0. The van der Waals surface area contributed by atoms with Crippen LogP contribution >= 0.6 is 11.3 Å². The molecule has 2 aliphatic rings. The normalized spacial score (nSPS) is 16.2. The lowest BCUT2D eigenvalue weighted by atomic mass is 9.95. The largest absolute Gasteiger partial charge is 0.462 e. The van der Waals surface area contributed by atoms with Crippen LogP contribution in [0.2, 0.25) is 0 Å². The van der Waals surface area contributed by atoms with Crippen LogP contribution in [-0.4, -0.2) is 28.1 Å². The molecule has 0 fully saturated rings. The number of esters is 1. The summed E-state index contributed by atoms with van der Waals surface area (Å²) < 4.78 is 7.39. The number of thiophene rings is 1. The number of hydrogen-bond donors (Lipinski definition) is 1. The van der Waals surface area contributed by atoms with Crippen molar-refractivity contribution in [3.63, 3.8) is 0 Å². The van der Waals surface area contributed by atoms with Crippen LogP contribution < -0.4 is 5.32 Å². The number of benzene rings is 2. The molecule has 194 valence electrons. The molecule has 1 N–H and O–H groups in total. The van der Waals surface area contributed by atoms with Crippen molar-refractivity contribution >= 4 is 29.0 Å². The van der Waals surface area contributed by atoms with Crippen LogP contribution in [0, 0.1) is 6.92 Å². The van der Waals surface area contributed by atoms with Crippen LogP contribution in [-0.2, 0) is 24.1 Å². The fourth-order valence-electron chi connectivity index (χ4n) is 5.59. The van der Waals surface area contributed by atoms with Gasteiger partial charge in [-0.2, -0.15) is 0 Å². The number of aromatic nitrogens is 1. The number of urea groups is 1. The summed E-state index contributed by atoms with van der Waals surface area (Å²) in [5.74, 6) is -0.368. The Hall–Kier alpha value is -3.84. The van der Waals surface area contributed by atoms with Gasteiger partial charge >= 0.3 is 12.0 Å². The van der Waals surface area contributed by atoms with Crippen LogP contribution in [0.1, 0.15) is 69.0 Å². The third-order valence-corrected chi connectivity index (χ3v) is 8.81. The molecule has 0 spiro atoms. The van der Waals surface area contributed by atoms with Crippen molar-refractivity contribution in [2.24, 2.45) is 0 Å². The Labute approximate surface area is 226 Å². The van der Waals surface area contributed by atoms with Crippen LogP contribution in [0.3, 0.4) is 0 Å². The first kappa shape index (κ1) is 24.5. The van der Waals surface area contributed by atoms with Crippen molar-refractivity contribution in [1.82, 2.24) is 9.47 Å². The highest BCUT2D eigenvalue weighted by Gasteiger charge is 2.36. The summed E-state index contributed by atoms with van der Waals surface area (Å²) in [4.78, 5) is 29.5. The second-order valence-corrected chi connectivity index (χ2v) is 11.1. The Morgan fingerprint density at radius 2 is 1.76 bits per heavy atom. The molecule has 0 saturated carbocycles. The third-order valence-electron chi connectivity index (χ3n) is 7.48. The number of nitrogens with zero attached hydrogens (tertiary/aromatic N) is 2. The number of rotatable bonds is 4. The summed E-state index contributed by atoms with van der Waals surface area (Å²) in [5.41, 5.74) is 7.14. The molecule has 0 radical (unpaired) electrons. The smallest absolute Gasteiger partial charge is 0.338 e. The van der Waals surface area contributed by atoms with Crippen LogP contribution in [0.15, 0.2) is 66.9 Å². The first-order valence-corrected chi connectivity index (χ1v) is 14.1. The number of aryl methyl sites for hydroxylation is 2. The molecular weight excluding hydrogens is 494 g/mol. The molecule has 1 unspecified atom stereocenters. The van der Waals surface area contributed by atoms with Crippen molar-refractivity contribution in [2.75, 3.05) is 11.9 Å². The van der Waals surface area contributed by atoms with Crippen molar-refractivity contribution in [2.45, 2.75) is 52.1 Å². The van der Waals surface area contributed by atoms with Crippen molar-refractivity contribution in [3.05, 3.63) is 105 Å². The van der Waals surface area contributed by atoms with Crippen LogP contribution in [0.4, 0.5) is 10.5 Å². The van der Waals surface area contributed by atoms with E-state index in [9.17, 15) is 9.59 Å². The summed E-state index contributed by atoms with van der Waals surface area (Å²) >= 11 is 1.88. The molecule has 3 heterocycles. The summed E-state index contributed by atoms with van der Waals surface area (Å²) in [6, 6.07) is 19.1. The maximum Gasteiger partial charge on any atom is 0.338 e. The molecule has 2 aromatic carbocycles. The van der Waals surface area contributed by atoms with Crippen molar-refractivity contribution in [3.8, 4) is 5.00 Å². The molecule has 1 aliphatic heterocycles. The van der Waals surface area contributed by atoms with Gasteiger partial charge in [0.2, 0.25) is 0 Å². The van der Waals surface area contributed by atoms with E-state index in [1.54, 1.807) is 31.2 Å². The van der Waals surface area contributed by atoms with Gasteiger partial charge < -0.3 is 19.5 Å². The van der Waals surface area contributed by atoms with E-state index < -0.39 is 0 Å². The highest BCUT2D eigenvalue weighted by Crippen LogP contribution is 2.44. The molecule has 7 heteroatoms. The van der Waals surface area contributed by atoms with Gasteiger partial charge in [-0.25, -0.2) is 9.59 Å². The monoisotopic (exact) mass is 525 g/mol. The number of amides is 2. The van der Waals surface area contributed by atoms with Gasteiger partial charge in [0.15, 0.2) is 0 Å². The first-order chi connectivity index (χ1) is 18.5. The number of carbonyl (C=O) groups is 2. The van der Waals surface area contributed by atoms with E-state index in [0.717, 1.165) is 24.1 Å². The summed E-state index contributed by atoms with van der Waals surface area (Å²) in [6.07, 6.45) is 6.73. The zero-order valence-corrected chi connectivity index (χ0v) is 22.5. The fraction of sp³-hybridized carbons (Fsp3) is 0.290. The maximum atomic E-state index is 14.0. The Bertz CT molecular complexity index is 1480. The molecule has 1 atom stereocenters. The molecule has 6 rings (SSSR count). The van der Waals surface area contributed by atoms with Gasteiger partial charge in [-0.1, -0.05) is 29.8 Å². The number of hydrogen-bond acceptors (Lipinski definition) is 4. The molecule has 0 saturated heterocycles. The quantitative estimate of drug-likeness (QED) is 0.291. The minimum Gasteiger partial charge on any atom is -0.462 e. The van der Waals surface area contributed by atoms with Crippen LogP contribution in [0.25, 0.3) is 5.00 Å². The number of ether oxygens (including phenoxy) is 1. The van der Waals surface area contributed by atoms with E-state index in [2.05, 4.69) is 59.4 Å². The second kappa shape index (κ2) is 10.1. The van der Waals surface area contributed by atoms with Crippen molar-refractivity contribution < 1.29 is 14.3 Å². The highest BCUT2D eigenvalue weighted by atomic mass is 32.1. The standard InChI is InChI=1S/C31H31N3O3S/c1-3-37-30(35)22-14-16-23(17-15-22)32-31(36)34-19-25-24-7-4-5-9-27(24)38-29(25)33-18-6-8-26(33)28(34)21-12-10-20(2)11-13-21/h6,8,10-18,28H,3-5,7,9,19H2,1-2H3,(H,32,36). The lowest BCUT2D eigenvalue weighted by Crippen LogP contribution is -2.38. The number of carbonyl (C=O) groups excluding carboxylic acids is 2. The summed E-state index contributed by atoms with van der Waals surface area (Å²) in [5, 5.41) is 4.34. The molecule has 0 bridgehead atoms. The molecular formula is C31H31N3O3S. The van der Waals surface area contributed by atoms with Gasteiger partial charge in [0.1, 0.15) is 5.00 Å². The number of anilines is 1. The Morgan fingerprint density at radius 3 is 2.53 bits per heavy atom. The van der Waals surface area contributed by atoms with Gasteiger partial charge in [0.05, 0.1) is 30.5 Å². The summed E-state index contributed by atoms with van der Waals surface area (Å²) in [6.45, 7) is 4.72. The van der Waals surface area contributed by atoms with Gasteiger partial charge in [-0.3, -0.25) is 0 Å². The fourth-order valence-corrected chi connectivity index (χ4v) is 6.99. The van der Waals surface area contributed by atoms with E-state index in [1.807, 2.05) is 16.2 Å². The van der Waals surface area contributed by atoms with Gasteiger partial charge in [0.25, 0.3) is 0 Å². The van der Waals surface area contributed by atoms with E-state index in [4.69, 9.17) is 4.74 Å². The van der Waals surface area contributed by atoms with E-state index >= 15 is 0 Å². The third kappa shape index (κ3) is 4.41. The van der Waals surface area contributed by atoms with E-state index in [1.165, 1.54) is 39.4 Å². The Balaban J connectivity index is 1.40. The predicted octanol–water partition coefficient (Wildman–Crippen LogP) is 7.04. The van der Waals surface area contributed by atoms with E-state index in [-0.39, 0.29) is 18.0 Å². The van der Waals surface area contributed by atoms with Gasteiger partial charge in [-0.05, 0) is 87.1 Å². The Kier molecular flexibility index (Phi) is 6.54. The minimum atomic E-state index is -0.368. The van der Waals surface area contributed by atoms with Crippen molar-refractivity contribution in [1.29, 1.82) is 0 Å². The SMILES string of the molecule is CCOC(=O)c1ccc(NC(=O)N2Cc3c(sc4c3CCCC4)-n3cccc3C2c2ccc(C)cc2)cc1. The second-order valence-electron chi connectivity index (χ2n) is 9.97. The van der Waals surface area contributed by atoms with Gasteiger partial charge in [0, 0.05) is 22.3 Å². The average molecular weight is 526 g/mol. The zero-order chi connectivity index (χ0) is 26.2. The first-order valence-electron chi connectivity index (χ1n) is 13.3. The average Bonchev–Trinajstić information content (AvgIpc) is 3.52. The topological polar surface area (TPSA) is 63.6 Å². The Morgan fingerprint density at radius 1 is 1.00 bits per heavy atom. The molecule has 2 amide bonds.